The molecule has 0 spiro atoms. The number of hydrogen-bond donors (Lipinski definition) is 1. The van der Waals surface area contributed by atoms with Crippen molar-refractivity contribution in [1.82, 2.24) is 30.0 Å². The van der Waals surface area contributed by atoms with Gasteiger partial charge in [0.25, 0.3) is 0 Å². The van der Waals surface area contributed by atoms with Crippen molar-refractivity contribution in [1.29, 1.82) is 0 Å². The zero-order valence-corrected chi connectivity index (χ0v) is 15.3. The van der Waals surface area contributed by atoms with Gasteiger partial charge < -0.3 is 14.8 Å². The number of benzene rings is 1. The van der Waals surface area contributed by atoms with Crippen LogP contribution in [-0.2, 0) is 19.5 Å². The van der Waals surface area contributed by atoms with Crippen molar-refractivity contribution < 1.29 is 4.79 Å². The van der Waals surface area contributed by atoms with Crippen LogP contribution in [0.25, 0.3) is 10.2 Å². The lowest BCUT2D eigenvalue weighted by atomic mass is 10.3. The number of rotatable bonds is 7. The van der Waals surface area contributed by atoms with Crippen LogP contribution in [0.3, 0.4) is 0 Å². The molecule has 3 aromatic rings. The third kappa shape index (κ3) is 4.33. The Labute approximate surface area is 150 Å². The van der Waals surface area contributed by atoms with Gasteiger partial charge >= 0.3 is 6.03 Å². The summed E-state index contributed by atoms with van der Waals surface area (Å²) in [5.41, 5.74) is 1.02. The molecule has 2 aromatic heterocycles. The fourth-order valence-electron chi connectivity index (χ4n) is 2.55. The van der Waals surface area contributed by atoms with E-state index in [2.05, 4.69) is 33.5 Å². The molecule has 0 fully saturated rings. The SMILES string of the molecule is CCCn1cnnc1CN(C)C(=O)NCCc1nc2ccccc2s1. The van der Waals surface area contributed by atoms with Crippen LogP contribution in [0.4, 0.5) is 4.79 Å². The number of hydrogen-bond acceptors (Lipinski definition) is 5. The number of para-hydroxylation sites is 1. The van der Waals surface area contributed by atoms with E-state index in [-0.39, 0.29) is 6.03 Å². The van der Waals surface area contributed by atoms with E-state index in [1.54, 1.807) is 29.6 Å². The van der Waals surface area contributed by atoms with Crippen LogP contribution < -0.4 is 5.32 Å². The number of aryl methyl sites for hydroxylation is 1. The monoisotopic (exact) mass is 358 g/mol. The van der Waals surface area contributed by atoms with Crippen molar-refractivity contribution in [3.63, 3.8) is 0 Å². The minimum absolute atomic E-state index is 0.118. The number of nitrogens with one attached hydrogen (secondary N) is 1. The Morgan fingerprint density at radius 1 is 1.36 bits per heavy atom. The van der Waals surface area contributed by atoms with Crippen molar-refractivity contribution in [2.75, 3.05) is 13.6 Å². The molecule has 132 valence electrons. The lowest BCUT2D eigenvalue weighted by Crippen LogP contribution is -2.38. The predicted octanol–water partition coefficient (Wildman–Crippen LogP) is 2.68. The summed E-state index contributed by atoms with van der Waals surface area (Å²) >= 11 is 1.67. The first kappa shape index (κ1) is 17.3. The summed E-state index contributed by atoms with van der Waals surface area (Å²) in [4.78, 5) is 18.4. The minimum atomic E-state index is -0.118. The molecule has 0 aliphatic rings. The second-order valence-electron chi connectivity index (χ2n) is 5.85. The van der Waals surface area contributed by atoms with Gasteiger partial charge in [-0.1, -0.05) is 19.1 Å². The number of carbonyl (C=O) groups is 1. The van der Waals surface area contributed by atoms with E-state index in [1.807, 2.05) is 22.8 Å². The molecule has 7 nitrogen and oxygen atoms in total. The van der Waals surface area contributed by atoms with Crippen LogP contribution in [0, 0.1) is 0 Å². The van der Waals surface area contributed by atoms with Gasteiger partial charge in [0.1, 0.15) is 6.33 Å². The average molecular weight is 358 g/mol. The summed E-state index contributed by atoms with van der Waals surface area (Å²) in [6.07, 6.45) is 3.44. The zero-order valence-electron chi connectivity index (χ0n) is 14.5. The molecule has 0 aliphatic carbocycles. The number of thiazole rings is 1. The van der Waals surface area contributed by atoms with Gasteiger partial charge in [0.15, 0.2) is 5.82 Å². The lowest BCUT2D eigenvalue weighted by molar-refractivity contribution is 0.205. The van der Waals surface area contributed by atoms with Gasteiger partial charge in [-0.05, 0) is 18.6 Å². The minimum Gasteiger partial charge on any atom is -0.338 e. The molecule has 2 amide bonds. The van der Waals surface area contributed by atoms with Gasteiger partial charge in [0, 0.05) is 26.6 Å². The highest BCUT2D eigenvalue weighted by molar-refractivity contribution is 7.18. The third-order valence-corrected chi connectivity index (χ3v) is 4.93. The van der Waals surface area contributed by atoms with Crippen molar-refractivity contribution in [3.05, 3.63) is 41.4 Å². The van der Waals surface area contributed by atoms with Gasteiger partial charge in [-0.2, -0.15) is 0 Å². The Balaban J connectivity index is 1.49. The average Bonchev–Trinajstić information content (AvgIpc) is 3.21. The molecule has 0 unspecified atom stereocenters. The third-order valence-electron chi connectivity index (χ3n) is 3.84. The summed E-state index contributed by atoms with van der Waals surface area (Å²) in [7, 11) is 1.76. The first-order valence-corrected chi connectivity index (χ1v) is 9.19. The van der Waals surface area contributed by atoms with E-state index in [0.717, 1.165) is 35.7 Å². The van der Waals surface area contributed by atoms with Crippen molar-refractivity contribution in [2.45, 2.75) is 32.9 Å². The van der Waals surface area contributed by atoms with E-state index in [9.17, 15) is 4.79 Å². The highest BCUT2D eigenvalue weighted by Gasteiger charge is 2.13. The van der Waals surface area contributed by atoms with Gasteiger partial charge in [-0.3, -0.25) is 0 Å². The molecule has 1 N–H and O–H groups in total. The molecule has 0 atom stereocenters. The molecule has 0 saturated heterocycles. The molecule has 8 heteroatoms. The Hall–Kier alpha value is -2.48. The maximum atomic E-state index is 12.2. The number of aromatic nitrogens is 4. The van der Waals surface area contributed by atoms with Crippen LogP contribution in [0.1, 0.15) is 24.2 Å². The zero-order chi connectivity index (χ0) is 17.6. The molecular weight excluding hydrogens is 336 g/mol. The molecule has 0 bridgehead atoms. The van der Waals surface area contributed by atoms with Crippen LogP contribution in [0.15, 0.2) is 30.6 Å². The highest BCUT2D eigenvalue weighted by Crippen LogP contribution is 2.21. The number of amides is 2. The van der Waals surface area contributed by atoms with Crippen molar-refractivity contribution >= 4 is 27.6 Å². The summed E-state index contributed by atoms with van der Waals surface area (Å²) in [5.74, 6) is 0.797. The van der Waals surface area contributed by atoms with Crippen LogP contribution in [0.2, 0.25) is 0 Å². The van der Waals surface area contributed by atoms with Gasteiger partial charge in [0.05, 0.1) is 21.8 Å². The highest BCUT2D eigenvalue weighted by atomic mass is 32.1. The number of fused-ring (bicyclic) bond motifs is 1. The lowest BCUT2D eigenvalue weighted by Gasteiger charge is -2.17. The van der Waals surface area contributed by atoms with Gasteiger partial charge in [-0.15, -0.1) is 21.5 Å². The topological polar surface area (TPSA) is 75.9 Å². The Morgan fingerprint density at radius 2 is 2.20 bits per heavy atom. The summed E-state index contributed by atoms with van der Waals surface area (Å²) in [5, 5.41) is 12.0. The van der Waals surface area contributed by atoms with E-state index >= 15 is 0 Å². The maximum absolute atomic E-state index is 12.2. The second kappa shape index (κ2) is 8.06. The van der Waals surface area contributed by atoms with E-state index in [4.69, 9.17) is 0 Å². The number of nitrogens with zero attached hydrogens (tertiary/aromatic N) is 5. The number of urea groups is 1. The molecule has 0 radical (unpaired) electrons. The molecular formula is C17H22N6OS. The molecule has 1 aromatic carbocycles. The van der Waals surface area contributed by atoms with Crippen LogP contribution in [-0.4, -0.2) is 44.3 Å². The van der Waals surface area contributed by atoms with E-state index < -0.39 is 0 Å². The van der Waals surface area contributed by atoms with E-state index in [1.165, 1.54) is 4.70 Å². The molecule has 0 saturated carbocycles. The van der Waals surface area contributed by atoms with Gasteiger partial charge in [-0.25, -0.2) is 9.78 Å². The standard InChI is InChI=1S/C17H22N6OS/c1-3-10-23-12-19-21-15(23)11-22(2)17(24)18-9-8-16-20-13-6-4-5-7-14(13)25-16/h4-7,12H,3,8-11H2,1-2H3,(H,18,24). The summed E-state index contributed by atoms with van der Waals surface area (Å²) < 4.78 is 3.15. The quantitative estimate of drug-likeness (QED) is 0.704. The van der Waals surface area contributed by atoms with Crippen molar-refractivity contribution in [2.24, 2.45) is 0 Å². The second-order valence-corrected chi connectivity index (χ2v) is 6.97. The first-order chi connectivity index (χ1) is 12.2. The van der Waals surface area contributed by atoms with Gasteiger partial charge in [0.2, 0.25) is 0 Å². The van der Waals surface area contributed by atoms with Crippen LogP contribution >= 0.6 is 11.3 Å². The smallest absolute Gasteiger partial charge is 0.317 e. The number of carbonyl (C=O) groups excluding carboxylic acids is 1. The molecule has 3 rings (SSSR count). The maximum Gasteiger partial charge on any atom is 0.317 e. The molecule has 2 heterocycles. The van der Waals surface area contributed by atoms with E-state index in [0.29, 0.717) is 13.1 Å². The Morgan fingerprint density at radius 3 is 3.00 bits per heavy atom. The largest absolute Gasteiger partial charge is 0.338 e. The molecule has 25 heavy (non-hydrogen) atoms. The summed E-state index contributed by atoms with van der Waals surface area (Å²) in [6, 6.07) is 7.95. The fraction of sp³-hybridized carbons (Fsp3) is 0.412. The van der Waals surface area contributed by atoms with Crippen LogP contribution in [0.5, 0.6) is 0 Å². The Bertz CT molecular complexity index is 809. The predicted molar refractivity (Wildman–Crippen MR) is 98.5 cm³/mol. The summed E-state index contributed by atoms with van der Waals surface area (Å²) in [6.45, 7) is 3.95. The Kier molecular flexibility index (Phi) is 5.60. The fourth-order valence-corrected chi connectivity index (χ4v) is 3.52. The molecule has 0 aliphatic heterocycles. The normalized spacial score (nSPS) is 11.0. The first-order valence-electron chi connectivity index (χ1n) is 8.37. The van der Waals surface area contributed by atoms with Crippen molar-refractivity contribution in [3.8, 4) is 0 Å².